The fourth-order valence-electron chi connectivity index (χ4n) is 6.85. The number of amides is 1. The smallest absolute Gasteiger partial charge is 0.338 e. The summed E-state index contributed by atoms with van der Waals surface area (Å²) in [6.07, 6.45) is -0.232. The molecule has 0 radical (unpaired) electrons. The van der Waals surface area contributed by atoms with Gasteiger partial charge in [-0.3, -0.25) is 34.7 Å². The van der Waals surface area contributed by atoms with Crippen LogP contribution in [0.1, 0.15) is 71.9 Å². The van der Waals surface area contributed by atoms with Crippen LogP contribution in [0, 0.1) is 32.0 Å². The summed E-state index contributed by atoms with van der Waals surface area (Å²) in [7, 11) is 1.09. The first-order chi connectivity index (χ1) is 22.2. The molecule has 1 amide bonds. The summed E-state index contributed by atoms with van der Waals surface area (Å²) in [5.74, 6) is -4.81. The molecule has 0 aliphatic carbocycles. The van der Waals surface area contributed by atoms with Crippen LogP contribution in [0.2, 0.25) is 10.0 Å². The van der Waals surface area contributed by atoms with E-state index in [0.717, 1.165) is 19.2 Å². The van der Waals surface area contributed by atoms with E-state index in [1.807, 2.05) is 13.8 Å². The van der Waals surface area contributed by atoms with Crippen LogP contribution in [0.25, 0.3) is 0 Å². The van der Waals surface area contributed by atoms with E-state index in [2.05, 4.69) is 10.1 Å². The summed E-state index contributed by atoms with van der Waals surface area (Å²) in [6, 6.07) is 8.62. The standard InChI is InChI=1S/C32H29Cl2FN4O8.CH4/c1-16(2)11-12-37-25(15-26(40)19-9-7-17(30(41)47-3)13-24(19)38(43)44)29(39(45)46)27(20-5-4-6-22(34)28(20)35)32(37)21-10-8-18(33)14-23(21)36-31(32)42;/h4-10,13-14,16,25,27,29H,11-12,15H2,1-3H3,(H,36,42);1H4/t25-,27-,29?,32+;/m0./s1. The number of methoxy groups -OCH3 is 1. The van der Waals surface area contributed by atoms with Gasteiger partial charge in [0.15, 0.2) is 5.78 Å². The molecule has 2 aliphatic heterocycles. The summed E-state index contributed by atoms with van der Waals surface area (Å²) in [5.41, 5.74) is -2.80. The lowest BCUT2D eigenvalue weighted by atomic mass is 9.73. The van der Waals surface area contributed by atoms with Gasteiger partial charge in [-0.05, 0) is 42.7 Å². The molecule has 4 atom stereocenters. The number of rotatable bonds is 10. The molecule has 1 N–H and O–H groups in total. The van der Waals surface area contributed by atoms with Gasteiger partial charge in [0, 0.05) is 45.8 Å². The molecule has 5 rings (SSSR count). The van der Waals surface area contributed by atoms with Crippen molar-refractivity contribution in [3.05, 3.63) is 113 Å². The van der Waals surface area contributed by atoms with Crippen LogP contribution in [0.5, 0.6) is 0 Å². The largest absolute Gasteiger partial charge is 0.465 e. The third kappa shape index (κ3) is 6.01. The van der Waals surface area contributed by atoms with E-state index in [1.54, 1.807) is 11.0 Å². The Hall–Kier alpha value is -4.46. The van der Waals surface area contributed by atoms with Crippen molar-refractivity contribution in [1.82, 2.24) is 4.90 Å². The normalized spacial score (nSPS) is 21.5. The number of esters is 1. The van der Waals surface area contributed by atoms with Gasteiger partial charge in [0.25, 0.3) is 11.6 Å². The van der Waals surface area contributed by atoms with E-state index in [0.29, 0.717) is 12.0 Å². The third-order valence-corrected chi connectivity index (χ3v) is 9.37. The number of benzene rings is 3. The van der Waals surface area contributed by atoms with Crippen molar-refractivity contribution in [3.8, 4) is 0 Å². The number of carbonyl (C=O) groups is 3. The highest BCUT2D eigenvalue weighted by Gasteiger charge is 2.71. The van der Waals surface area contributed by atoms with Gasteiger partial charge >= 0.3 is 5.97 Å². The summed E-state index contributed by atoms with van der Waals surface area (Å²) >= 11 is 12.4. The van der Waals surface area contributed by atoms with Crippen molar-refractivity contribution in [2.45, 2.75) is 57.7 Å². The summed E-state index contributed by atoms with van der Waals surface area (Å²) in [5, 5.41) is 27.9. The average Bonchev–Trinajstić information content (AvgIpc) is 3.46. The van der Waals surface area contributed by atoms with Crippen molar-refractivity contribution in [1.29, 1.82) is 0 Å². The second-order valence-corrected chi connectivity index (χ2v) is 12.7. The Morgan fingerprint density at radius 2 is 1.81 bits per heavy atom. The number of likely N-dealkylation sites (tertiary alicyclic amines) is 1. The lowest BCUT2D eigenvalue weighted by Gasteiger charge is -2.39. The summed E-state index contributed by atoms with van der Waals surface area (Å²) < 4.78 is 20.6. The molecule has 15 heteroatoms. The molecule has 12 nitrogen and oxygen atoms in total. The maximum absolute atomic E-state index is 16.0. The van der Waals surface area contributed by atoms with Crippen LogP contribution in [-0.2, 0) is 15.1 Å². The second-order valence-electron chi connectivity index (χ2n) is 11.9. The molecule has 48 heavy (non-hydrogen) atoms. The highest BCUT2D eigenvalue weighted by atomic mass is 35.5. The molecule has 0 bridgehead atoms. The molecule has 1 spiro atoms. The molecule has 0 aromatic heterocycles. The number of halogens is 3. The third-order valence-electron chi connectivity index (χ3n) is 8.84. The average molecular weight is 704 g/mol. The first kappa shape index (κ1) is 36.4. The number of carbonyl (C=O) groups excluding carboxylic acids is 3. The molecule has 1 saturated heterocycles. The maximum atomic E-state index is 16.0. The van der Waals surface area contributed by atoms with E-state index in [1.165, 1.54) is 36.4 Å². The first-order valence-corrected chi connectivity index (χ1v) is 15.3. The van der Waals surface area contributed by atoms with Gasteiger partial charge in [0.05, 0.1) is 40.1 Å². The Morgan fingerprint density at radius 3 is 2.44 bits per heavy atom. The van der Waals surface area contributed by atoms with E-state index < -0.39 is 74.5 Å². The highest BCUT2D eigenvalue weighted by molar-refractivity contribution is 6.31. The Kier molecular flexibility index (Phi) is 10.6. The number of nitro groups is 2. The number of fused-ring (bicyclic) bond motifs is 2. The molecule has 2 heterocycles. The van der Waals surface area contributed by atoms with E-state index in [9.17, 15) is 34.6 Å². The topological polar surface area (TPSA) is 162 Å². The molecule has 2 aliphatic rings. The van der Waals surface area contributed by atoms with Crippen molar-refractivity contribution >= 4 is 52.2 Å². The van der Waals surface area contributed by atoms with E-state index >= 15 is 4.39 Å². The molecule has 3 aromatic carbocycles. The number of ether oxygens (including phenoxy) is 1. The minimum atomic E-state index is -1.90. The van der Waals surface area contributed by atoms with Crippen molar-refractivity contribution < 1.29 is 33.4 Å². The lowest BCUT2D eigenvalue weighted by molar-refractivity contribution is -0.528. The number of anilines is 1. The fourth-order valence-corrected chi connectivity index (χ4v) is 7.20. The number of ketones is 1. The Balaban J connectivity index is 0.00000520. The molecule has 254 valence electrons. The van der Waals surface area contributed by atoms with Gasteiger partial charge in [-0.1, -0.05) is 62.7 Å². The molecule has 3 aromatic rings. The van der Waals surface area contributed by atoms with Crippen LogP contribution in [-0.4, -0.2) is 58.1 Å². The molecule has 1 fully saturated rings. The summed E-state index contributed by atoms with van der Waals surface area (Å²) in [4.78, 5) is 65.6. The van der Waals surface area contributed by atoms with Crippen LogP contribution in [0.4, 0.5) is 15.8 Å². The van der Waals surface area contributed by atoms with Crippen molar-refractivity contribution in [2.24, 2.45) is 5.92 Å². The number of hydrogen-bond donors (Lipinski definition) is 1. The SMILES string of the molecule is C.COC(=O)c1ccc(C(=O)C[C@H]2C([N+](=O)[O-])[C@H](c3cccc(Cl)c3F)[C@]3(C(=O)Nc4cc(Cl)ccc43)N2CCC(C)C)c([N+](=O)[O-])c1. The minimum Gasteiger partial charge on any atom is -0.465 e. The van der Waals surface area contributed by atoms with Crippen molar-refractivity contribution in [3.63, 3.8) is 0 Å². The monoisotopic (exact) mass is 702 g/mol. The molecular formula is C33H33Cl2FN4O8. The number of nitrogens with one attached hydrogen (secondary N) is 1. The lowest BCUT2D eigenvalue weighted by Crippen LogP contribution is -2.52. The quantitative estimate of drug-likeness (QED) is 0.101. The van der Waals surface area contributed by atoms with Gasteiger partial charge < -0.3 is 10.1 Å². The molecule has 1 unspecified atom stereocenters. The van der Waals surface area contributed by atoms with Gasteiger partial charge in [-0.2, -0.15) is 0 Å². The predicted molar refractivity (Wildman–Crippen MR) is 177 cm³/mol. The van der Waals surface area contributed by atoms with Crippen LogP contribution >= 0.6 is 23.2 Å². The van der Waals surface area contributed by atoms with Crippen LogP contribution in [0.15, 0.2) is 54.6 Å². The first-order valence-electron chi connectivity index (χ1n) is 14.6. The number of hydrogen-bond acceptors (Lipinski definition) is 9. The number of Topliss-reactive ketones (excluding diaryl/α,β-unsaturated/α-hetero) is 1. The van der Waals surface area contributed by atoms with Crippen LogP contribution < -0.4 is 5.32 Å². The van der Waals surface area contributed by atoms with Gasteiger partial charge in [0.1, 0.15) is 11.4 Å². The zero-order valence-corrected chi connectivity index (χ0v) is 26.9. The Labute approximate surface area is 285 Å². The highest BCUT2D eigenvalue weighted by Crippen LogP contribution is 2.59. The van der Waals surface area contributed by atoms with Gasteiger partial charge in [-0.15, -0.1) is 0 Å². The Bertz CT molecular complexity index is 1820. The Morgan fingerprint density at radius 1 is 1.10 bits per heavy atom. The van der Waals surface area contributed by atoms with Crippen LogP contribution in [0.3, 0.4) is 0 Å². The molecular weight excluding hydrogens is 670 g/mol. The minimum absolute atomic E-state index is 0. The summed E-state index contributed by atoms with van der Waals surface area (Å²) in [6.45, 7) is 3.89. The van der Waals surface area contributed by atoms with Gasteiger partial charge in [0.2, 0.25) is 6.04 Å². The predicted octanol–water partition coefficient (Wildman–Crippen LogP) is 7.04. The van der Waals surface area contributed by atoms with Crippen molar-refractivity contribution in [2.75, 3.05) is 19.0 Å². The number of nitrogens with zero attached hydrogens (tertiary/aromatic N) is 3. The number of nitro benzene ring substituents is 1. The van der Waals surface area contributed by atoms with E-state index in [4.69, 9.17) is 23.2 Å². The maximum Gasteiger partial charge on any atom is 0.338 e. The zero-order chi connectivity index (χ0) is 34.4. The van der Waals surface area contributed by atoms with Gasteiger partial charge in [-0.25, -0.2) is 9.18 Å². The molecule has 0 saturated carbocycles. The fraction of sp³-hybridized carbons (Fsp3) is 0.364. The second kappa shape index (κ2) is 14.0. The van der Waals surface area contributed by atoms with E-state index in [-0.39, 0.29) is 46.7 Å². The zero-order valence-electron chi connectivity index (χ0n) is 25.4.